The lowest BCUT2D eigenvalue weighted by Crippen LogP contribution is -2.73. The lowest BCUT2D eigenvalue weighted by Gasteiger charge is -2.54. The smallest absolute Gasteiger partial charge is 0.303 e. The van der Waals surface area contributed by atoms with Crippen LogP contribution < -0.4 is 4.90 Å². The molecule has 13 nitrogen and oxygen atoms in total. The molecule has 4 aromatic rings. The topological polar surface area (TPSA) is 155 Å². The number of nitrogens with one attached hydrogen (secondary N) is 1. The number of aromatic amines is 1. The number of hydrogen-bond donors (Lipinski definition) is 2. The summed E-state index contributed by atoms with van der Waals surface area (Å²) < 4.78 is 53.7. The van der Waals surface area contributed by atoms with Crippen molar-refractivity contribution in [3.63, 3.8) is 0 Å². The number of halogens is 1. The molecule has 14 heteroatoms. The number of esters is 1. The van der Waals surface area contributed by atoms with Gasteiger partial charge in [0.05, 0.1) is 12.0 Å². The van der Waals surface area contributed by atoms with Crippen molar-refractivity contribution in [3.8, 4) is 0 Å². The number of hydrogen-bond acceptors (Lipinski definition) is 11. The van der Waals surface area contributed by atoms with Crippen LogP contribution in [0.15, 0.2) is 79.1 Å². The normalized spacial score (nSPS) is 23.5. The van der Waals surface area contributed by atoms with Gasteiger partial charge < -0.3 is 38.4 Å². The molecule has 396 valence electrons. The second-order valence-corrected chi connectivity index (χ2v) is 19.7. The first-order valence-electron chi connectivity index (χ1n) is 27.1. The molecular weight excluding hydrogens is 916 g/mol. The third-order valence-electron chi connectivity index (χ3n) is 14.2. The zero-order chi connectivity index (χ0) is 51.3. The number of nitrogens with zero attached hydrogens (tertiary/aromatic N) is 3. The zero-order valence-corrected chi connectivity index (χ0v) is 43.9. The van der Waals surface area contributed by atoms with E-state index in [2.05, 4.69) is 74.1 Å². The van der Waals surface area contributed by atoms with Crippen LogP contribution in [0.25, 0.3) is 0 Å². The van der Waals surface area contributed by atoms with E-state index in [9.17, 15) is 19.1 Å². The number of unbranched alkanes of at least 4 members (excludes halogenated alkanes) is 5. The van der Waals surface area contributed by atoms with Gasteiger partial charge in [0.15, 0.2) is 0 Å². The summed E-state index contributed by atoms with van der Waals surface area (Å²) in [6.07, 6.45) is 9.91. The Balaban J connectivity index is 1.30. The van der Waals surface area contributed by atoms with Gasteiger partial charge in [-0.1, -0.05) is 115 Å². The van der Waals surface area contributed by atoms with E-state index >= 15 is 0 Å². The number of amides is 1. The fraction of sp³-hybridized carbons (Fsp3) is 0.621. The highest BCUT2D eigenvalue weighted by Crippen LogP contribution is 2.47. The fourth-order valence-electron chi connectivity index (χ4n) is 10.0. The minimum absolute atomic E-state index is 0.0229. The highest BCUT2D eigenvalue weighted by atomic mass is 19.1. The van der Waals surface area contributed by atoms with E-state index in [-0.39, 0.29) is 17.8 Å². The number of β-lactam (4-membered cyclic amide) rings is 1. The van der Waals surface area contributed by atoms with Crippen LogP contribution >= 0.6 is 0 Å². The zero-order valence-electron chi connectivity index (χ0n) is 43.9. The Morgan fingerprint density at radius 3 is 1.72 bits per heavy atom. The van der Waals surface area contributed by atoms with Crippen molar-refractivity contribution in [2.75, 3.05) is 37.9 Å². The first-order chi connectivity index (χ1) is 35.1. The number of aryl methyl sites for hydroxylation is 3. The van der Waals surface area contributed by atoms with Gasteiger partial charge in [-0.25, -0.2) is 9.37 Å². The molecule has 2 heterocycles. The van der Waals surface area contributed by atoms with Crippen LogP contribution in [0.3, 0.4) is 0 Å². The molecule has 72 heavy (non-hydrogen) atoms. The number of anilines is 1. The summed E-state index contributed by atoms with van der Waals surface area (Å²) in [5.41, 5.74) is 3.04. The molecule has 2 unspecified atom stereocenters. The molecule has 0 spiro atoms. The Kier molecular flexibility index (Phi) is 23.1. The number of aromatic nitrogens is 3. The molecule has 1 amide bonds. The Labute approximate surface area is 428 Å². The second-order valence-electron chi connectivity index (χ2n) is 19.7. The maximum Gasteiger partial charge on any atom is 0.303 e. The third-order valence-corrected chi connectivity index (χ3v) is 14.2. The average Bonchev–Trinajstić information content (AvgIpc) is 3.91. The SMILES string of the molecule is CCCCOC1[C@@H](OCCCC)[C@H](OCCCC)C(O)(CCc2ccc([C@@H]3[C@@H](CC[C@H](OC(C)=O)c4ccc(F)cc4)C(=O)N3c3ccc(CCc4ncn[nH]4)cc3)cc2)[C@H](OCCCC)[C@H]1OCCCC. The summed E-state index contributed by atoms with van der Waals surface area (Å²) in [5.74, 6) is -0.451. The van der Waals surface area contributed by atoms with Gasteiger partial charge in [-0.2, -0.15) is 5.10 Å². The predicted molar refractivity (Wildman–Crippen MR) is 277 cm³/mol. The quantitative estimate of drug-likeness (QED) is 0.0266. The number of benzene rings is 3. The third kappa shape index (κ3) is 15.3. The highest BCUT2D eigenvalue weighted by Gasteiger charge is 2.62. The Morgan fingerprint density at radius 2 is 1.21 bits per heavy atom. The Hall–Kier alpha value is -4.57. The standard InChI is InChI=1S/C58H83FN4O9/c1-7-12-35-67-52-53(68-36-13-8-2)55(70-38-15-10-4)58(66,56(71-39-16-11-5)54(52)69-37-14-9-3)34-33-43-17-22-45(23-18-43)51-48(30-31-49(72-41(6)64)44-24-26-46(59)27-25-44)57(65)63(51)47-28-19-42(20-29-47)21-32-50-60-40-61-62-50/h17-20,22-29,40,48-49,51-56,66H,7-16,21,30-39H2,1-6H3,(H,60,61,62)/t48-,49+,51-,52?,53-,54+,55+,56-,58?/m1/s1. The van der Waals surface area contributed by atoms with Gasteiger partial charge in [0, 0.05) is 52.1 Å². The van der Waals surface area contributed by atoms with Crippen molar-refractivity contribution in [3.05, 3.63) is 113 Å². The molecule has 1 aromatic heterocycles. The van der Waals surface area contributed by atoms with E-state index in [0.29, 0.717) is 70.7 Å². The number of ether oxygens (including phenoxy) is 6. The lowest BCUT2D eigenvalue weighted by molar-refractivity contribution is -0.310. The van der Waals surface area contributed by atoms with Crippen molar-refractivity contribution in [1.82, 2.24) is 15.2 Å². The van der Waals surface area contributed by atoms with Crippen LogP contribution in [0, 0.1) is 11.7 Å². The van der Waals surface area contributed by atoms with Gasteiger partial charge in [-0.15, -0.1) is 0 Å². The van der Waals surface area contributed by atoms with E-state index < -0.39 is 54.1 Å². The average molecular weight is 999 g/mol. The summed E-state index contributed by atoms with van der Waals surface area (Å²) in [4.78, 5) is 32.7. The van der Waals surface area contributed by atoms with Crippen molar-refractivity contribution in [2.45, 2.75) is 193 Å². The largest absolute Gasteiger partial charge is 0.458 e. The van der Waals surface area contributed by atoms with Gasteiger partial charge in [-0.05, 0) is 111 Å². The number of aliphatic hydroxyl groups is 1. The Morgan fingerprint density at radius 1 is 0.694 bits per heavy atom. The lowest BCUT2D eigenvalue weighted by atomic mass is 9.71. The van der Waals surface area contributed by atoms with Crippen LogP contribution in [0.5, 0.6) is 0 Å². The van der Waals surface area contributed by atoms with Crippen LogP contribution in [-0.2, 0) is 57.3 Å². The van der Waals surface area contributed by atoms with Crippen LogP contribution in [0.1, 0.15) is 165 Å². The predicted octanol–water partition coefficient (Wildman–Crippen LogP) is 11.1. The van der Waals surface area contributed by atoms with Crippen LogP contribution in [-0.4, -0.2) is 101 Å². The van der Waals surface area contributed by atoms with Crippen molar-refractivity contribution in [2.24, 2.45) is 5.92 Å². The summed E-state index contributed by atoms with van der Waals surface area (Å²) >= 11 is 0. The number of carbonyl (C=O) groups is 2. The Bertz CT molecular complexity index is 2130. The molecule has 2 N–H and O–H groups in total. The van der Waals surface area contributed by atoms with Crippen molar-refractivity contribution in [1.29, 1.82) is 0 Å². The number of H-pyrrole nitrogens is 1. The summed E-state index contributed by atoms with van der Waals surface area (Å²) in [6, 6.07) is 22.1. The van der Waals surface area contributed by atoms with Gasteiger partial charge in [0.1, 0.15) is 60.2 Å². The molecule has 1 aliphatic heterocycles. The van der Waals surface area contributed by atoms with E-state index in [4.69, 9.17) is 28.4 Å². The summed E-state index contributed by atoms with van der Waals surface area (Å²) in [6.45, 7) is 14.5. The van der Waals surface area contributed by atoms with Crippen LogP contribution in [0.4, 0.5) is 10.1 Å². The summed E-state index contributed by atoms with van der Waals surface area (Å²) in [7, 11) is 0. The molecule has 1 aliphatic carbocycles. The second kappa shape index (κ2) is 29.4. The molecule has 1 saturated heterocycles. The molecular formula is C58H83FN4O9. The van der Waals surface area contributed by atoms with E-state index in [0.717, 1.165) is 98.8 Å². The van der Waals surface area contributed by atoms with E-state index in [1.807, 2.05) is 29.2 Å². The van der Waals surface area contributed by atoms with Crippen LogP contribution in [0.2, 0.25) is 0 Å². The maximum atomic E-state index is 14.3. The van der Waals surface area contributed by atoms with Gasteiger partial charge in [0.25, 0.3) is 0 Å². The van der Waals surface area contributed by atoms with E-state index in [1.165, 1.54) is 25.4 Å². The van der Waals surface area contributed by atoms with Gasteiger partial charge in [0.2, 0.25) is 5.91 Å². The minimum Gasteiger partial charge on any atom is -0.458 e. The minimum atomic E-state index is -1.50. The monoisotopic (exact) mass is 999 g/mol. The molecule has 2 aliphatic rings. The molecule has 3 aromatic carbocycles. The molecule has 1 saturated carbocycles. The fourth-order valence-corrected chi connectivity index (χ4v) is 10.0. The number of rotatable bonds is 33. The molecule has 0 radical (unpaired) electrons. The van der Waals surface area contributed by atoms with Crippen molar-refractivity contribution >= 4 is 17.6 Å². The molecule has 2 fully saturated rings. The highest BCUT2D eigenvalue weighted by molar-refractivity contribution is 6.03. The summed E-state index contributed by atoms with van der Waals surface area (Å²) in [5, 5.41) is 20.4. The van der Waals surface area contributed by atoms with E-state index in [1.54, 1.807) is 12.1 Å². The molecule has 0 bridgehead atoms. The first kappa shape index (κ1) is 56.7. The molecule has 6 rings (SSSR count). The molecule has 9 atom stereocenters. The maximum absolute atomic E-state index is 14.3. The van der Waals surface area contributed by atoms with Gasteiger partial charge in [-0.3, -0.25) is 14.7 Å². The number of carbonyl (C=O) groups excluding carboxylic acids is 2. The first-order valence-corrected chi connectivity index (χ1v) is 27.1. The van der Waals surface area contributed by atoms with Crippen molar-refractivity contribution < 1.29 is 47.5 Å². The van der Waals surface area contributed by atoms with Gasteiger partial charge >= 0.3 is 5.97 Å².